The first-order valence-electron chi connectivity index (χ1n) is 7.66. The summed E-state index contributed by atoms with van der Waals surface area (Å²) in [4.78, 5) is 26.4. The molecule has 1 fully saturated rings. The third-order valence-corrected chi connectivity index (χ3v) is 3.89. The van der Waals surface area contributed by atoms with Gasteiger partial charge in [-0.1, -0.05) is 20.8 Å². The van der Waals surface area contributed by atoms with Crippen LogP contribution in [0.4, 0.5) is 0 Å². The summed E-state index contributed by atoms with van der Waals surface area (Å²) in [6.07, 6.45) is 0.620. The Morgan fingerprint density at radius 2 is 2.19 bits per heavy atom. The number of hydrogen-bond donors (Lipinski definition) is 1. The van der Waals surface area contributed by atoms with Gasteiger partial charge < -0.3 is 10.2 Å². The third-order valence-electron chi connectivity index (χ3n) is 3.89. The first kappa shape index (κ1) is 15.5. The van der Waals surface area contributed by atoms with Gasteiger partial charge in [-0.15, -0.1) is 0 Å². The van der Waals surface area contributed by atoms with Crippen LogP contribution in [-0.2, 0) is 11.3 Å². The van der Waals surface area contributed by atoms with E-state index in [1.54, 1.807) is 9.58 Å². The summed E-state index contributed by atoms with van der Waals surface area (Å²) in [6, 6.07) is 1.48. The molecule has 6 nitrogen and oxygen atoms in total. The molecule has 0 unspecified atom stereocenters. The van der Waals surface area contributed by atoms with Crippen LogP contribution < -0.4 is 5.32 Å². The van der Waals surface area contributed by atoms with E-state index in [9.17, 15) is 9.59 Å². The average Bonchev–Trinajstić information content (AvgIpc) is 2.90. The molecule has 0 aromatic carbocycles. The zero-order valence-corrected chi connectivity index (χ0v) is 13.2. The van der Waals surface area contributed by atoms with Gasteiger partial charge in [-0.2, -0.15) is 5.10 Å². The Morgan fingerprint density at radius 3 is 2.76 bits per heavy atom. The molecule has 1 aliphatic heterocycles. The molecule has 1 N–H and O–H groups in total. The van der Waals surface area contributed by atoms with Gasteiger partial charge in [0.1, 0.15) is 11.7 Å². The van der Waals surface area contributed by atoms with Crippen LogP contribution in [0.25, 0.3) is 0 Å². The number of amides is 2. The summed E-state index contributed by atoms with van der Waals surface area (Å²) in [6.45, 7) is 9.71. The first-order chi connectivity index (χ1) is 9.99. The maximum Gasteiger partial charge on any atom is 0.272 e. The smallest absolute Gasteiger partial charge is 0.272 e. The Morgan fingerprint density at radius 1 is 1.48 bits per heavy atom. The lowest BCUT2D eigenvalue weighted by atomic mass is 10.1. The van der Waals surface area contributed by atoms with Crippen molar-refractivity contribution in [1.29, 1.82) is 0 Å². The fourth-order valence-electron chi connectivity index (χ4n) is 2.64. The van der Waals surface area contributed by atoms with E-state index in [1.807, 2.05) is 19.9 Å². The third kappa shape index (κ3) is 2.94. The zero-order chi connectivity index (χ0) is 15.6. The average molecular weight is 292 g/mol. The SMILES string of the molecule is CC[C@H]1C(=O)NCCN1C(=O)c1cc(C(C)C)nn1CC. The van der Waals surface area contributed by atoms with Gasteiger partial charge in [0.05, 0.1) is 5.69 Å². The van der Waals surface area contributed by atoms with E-state index in [1.165, 1.54) is 0 Å². The molecule has 1 atom stereocenters. The van der Waals surface area contributed by atoms with Gasteiger partial charge in [-0.05, 0) is 25.3 Å². The standard InChI is InChI=1S/C15H24N4O2/c1-5-12-14(20)16-7-8-18(12)15(21)13-9-11(10(3)4)17-19(13)6-2/h9-10,12H,5-8H2,1-4H3,(H,16,20)/t12-/m0/s1. The Kier molecular flexibility index (Phi) is 4.65. The molecular formula is C15H24N4O2. The van der Waals surface area contributed by atoms with Crippen LogP contribution in [0.3, 0.4) is 0 Å². The molecule has 2 amide bonds. The normalized spacial score (nSPS) is 19.0. The summed E-state index contributed by atoms with van der Waals surface area (Å²) >= 11 is 0. The van der Waals surface area contributed by atoms with Crippen LogP contribution in [0.5, 0.6) is 0 Å². The van der Waals surface area contributed by atoms with Crippen molar-refractivity contribution >= 4 is 11.8 Å². The summed E-state index contributed by atoms with van der Waals surface area (Å²) < 4.78 is 1.73. The molecule has 0 spiro atoms. The van der Waals surface area contributed by atoms with Crippen LogP contribution in [-0.4, -0.2) is 45.6 Å². The van der Waals surface area contributed by atoms with Gasteiger partial charge in [0.2, 0.25) is 5.91 Å². The topological polar surface area (TPSA) is 67.2 Å². The maximum atomic E-state index is 12.8. The lowest BCUT2D eigenvalue weighted by Gasteiger charge is -2.34. The molecule has 21 heavy (non-hydrogen) atoms. The summed E-state index contributed by atoms with van der Waals surface area (Å²) in [7, 11) is 0. The predicted molar refractivity (Wildman–Crippen MR) is 80.1 cm³/mol. The lowest BCUT2D eigenvalue weighted by Crippen LogP contribution is -2.57. The number of nitrogens with one attached hydrogen (secondary N) is 1. The van der Waals surface area contributed by atoms with E-state index in [0.29, 0.717) is 31.7 Å². The highest BCUT2D eigenvalue weighted by molar-refractivity contribution is 5.97. The molecule has 1 saturated heterocycles. The fraction of sp³-hybridized carbons (Fsp3) is 0.667. The molecule has 2 rings (SSSR count). The predicted octanol–water partition coefficient (Wildman–Crippen LogP) is 1.38. The van der Waals surface area contributed by atoms with E-state index < -0.39 is 0 Å². The number of carbonyl (C=O) groups excluding carboxylic acids is 2. The first-order valence-corrected chi connectivity index (χ1v) is 7.66. The second-order valence-corrected chi connectivity index (χ2v) is 5.64. The van der Waals surface area contributed by atoms with Crippen LogP contribution in [0.2, 0.25) is 0 Å². The quantitative estimate of drug-likeness (QED) is 0.911. The highest BCUT2D eigenvalue weighted by Gasteiger charge is 2.33. The van der Waals surface area contributed by atoms with Crippen LogP contribution in [0.1, 0.15) is 56.2 Å². The Labute approximate surface area is 125 Å². The Balaban J connectivity index is 2.32. The highest BCUT2D eigenvalue weighted by atomic mass is 16.2. The number of aromatic nitrogens is 2. The molecular weight excluding hydrogens is 268 g/mol. The van der Waals surface area contributed by atoms with Crippen molar-refractivity contribution in [3.8, 4) is 0 Å². The number of piperazine rings is 1. The minimum atomic E-state index is -0.381. The molecule has 116 valence electrons. The van der Waals surface area contributed by atoms with Crippen molar-refractivity contribution in [3.05, 3.63) is 17.5 Å². The van der Waals surface area contributed by atoms with E-state index >= 15 is 0 Å². The van der Waals surface area contributed by atoms with Crippen molar-refractivity contribution in [3.63, 3.8) is 0 Å². The minimum Gasteiger partial charge on any atom is -0.353 e. The van der Waals surface area contributed by atoms with Crippen molar-refractivity contribution in [2.24, 2.45) is 0 Å². The summed E-state index contributed by atoms with van der Waals surface area (Å²) in [5, 5.41) is 7.30. The van der Waals surface area contributed by atoms with Crippen molar-refractivity contribution in [1.82, 2.24) is 20.0 Å². The van der Waals surface area contributed by atoms with Crippen LogP contribution in [0, 0.1) is 0 Å². The second kappa shape index (κ2) is 6.28. The lowest BCUT2D eigenvalue weighted by molar-refractivity contribution is -0.127. The molecule has 1 aliphatic rings. The van der Waals surface area contributed by atoms with Crippen molar-refractivity contribution in [2.45, 2.75) is 52.6 Å². The molecule has 1 aromatic rings. The van der Waals surface area contributed by atoms with E-state index in [4.69, 9.17) is 0 Å². The molecule has 0 radical (unpaired) electrons. The van der Waals surface area contributed by atoms with E-state index in [-0.39, 0.29) is 23.8 Å². The zero-order valence-electron chi connectivity index (χ0n) is 13.2. The maximum absolute atomic E-state index is 12.8. The largest absolute Gasteiger partial charge is 0.353 e. The monoisotopic (exact) mass is 292 g/mol. The van der Waals surface area contributed by atoms with Crippen LogP contribution in [0.15, 0.2) is 6.07 Å². The van der Waals surface area contributed by atoms with Gasteiger partial charge in [0, 0.05) is 19.6 Å². The molecule has 6 heteroatoms. The van der Waals surface area contributed by atoms with E-state index in [2.05, 4.69) is 24.3 Å². The van der Waals surface area contributed by atoms with Gasteiger partial charge in [0.25, 0.3) is 5.91 Å². The highest BCUT2D eigenvalue weighted by Crippen LogP contribution is 2.18. The number of rotatable bonds is 4. The van der Waals surface area contributed by atoms with Gasteiger partial charge in [0.15, 0.2) is 0 Å². The Bertz CT molecular complexity index is 536. The summed E-state index contributed by atoms with van der Waals surface area (Å²) in [5.74, 6) is 0.109. The second-order valence-electron chi connectivity index (χ2n) is 5.64. The molecule has 0 saturated carbocycles. The van der Waals surface area contributed by atoms with Gasteiger partial charge in [-0.25, -0.2) is 0 Å². The van der Waals surface area contributed by atoms with Crippen molar-refractivity contribution in [2.75, 3.05) is 13.1 Å². The minimum absolute atomic E-state index is 0.0660. The van der Waals surface area contributed by atoms with Gasteiger partial charge >= 0.3 is 0 Å². The number of aryl methyl sites for hydroxylation is 1. The Hall–Kier alpha value is -1.85. The van der Waals surface area contributed by atoms with E-state index in [0.717, 1.165) is 5.69 Å². The molecule has 1 aromatic heterocycles. The molecule has 0 bridgehead atoms. The number of nitrogens with zero attached hydrogens (tertiary/aromatic N) is 3. The van der Waals surface area contributed by atoms with Gasteiger partial charge in [-0.3, -0.25) is 14.3 Å². The van der Waals surface area contributed by atoms with Crippen molar-refractivity contribution < 1.29 is 9.59 Å². The molecule has 0 aliphatic carbocycles. The fourth-order valence-corrected chi connectivity index (χ4v) is 2.64. The number of carbonyl (C=O) groups is 2. The summed E-state index contributed by atoms with van der Waals surface area (Å²) in [5.41, 5.74) is 1.49. The molecule has 2 heterocycles. The number of hydrogen-bond acceptors (Lipinski definition) is 3. The van der Waals surface area contributed by atoms with Crippen LogP contribution >= 0.6 is 0 Å².